The summed E-state index contributed by atoms with van der Waals surface area (Å²) in [6.45, 7) is 3.15. The van der Waals surface area contributed by atoms with Crippen molar-refractivity contribution in [1.29, 1.82) is 0 Å². The molecule has 0 saturated heterocycles. The maximum atomic E-state index is 13.2. The summed E-state index contributed by atoms with van der Waals surface area (Å²) in [6, 6.07) is 11.8. The smallest absolute Gasteiger partial charge is 0.335 e. The molecular weight excluding hydrogens is 379 g/mol. The first-order valence-corrected chi connectivity index (χ1v) is 9.62. The fraction of sp³-hybridized carbons (Fsp3) is 0.318. The van der Waals surface area contributed by atoms with E-state index < -0.39 is 11.7 Å². The minimum atomic E-state index is -4.45. The van der Waals surface area contributed by atoms with E-state index in [0.717, 1.165) is 48.6 Å². The van der Waals surface area contributed by atoms with Gasteiger partial charge in [0, 0.05) is 35.2 Å². The summed E-state index contributed by atoms with van der Waals surface area (Å²) >= 11 is 0. The molecule has 0 unspecified atom stereocenters. The summed E-state index contributed by atoms with van der Waals surface area (Å²) in [5, 5.41) is 7.18. The Morgan fingerprint density at radius 3 is 2.66 bits per heavy atom. The van der Waals surface area contributed by atoms with Crippen LogP contribution in [0.1, 0.15) is 22.4 Å². The number of halogens is 3. The topological polar surface area (TPSA) is 46.1 Å². The highest BCUT2D eigenvalue weighted by Gasteiger charge is 2.33. The van der Waals surface area contributed by atoms with Crippen molar-refractivity contribution in [2.24, 2.45) is 0 Å². The molecule has 3 aromatic rings. The van der Waals surface area contributed by atoms with E-state index in [4.69, 9.17) is 0 Å². The van der Waals surface area contributed by atoms with Crippen LogP contribution in [0.3, 0.4) is 0 Å². The van der Waals surface area contributed by atoms with E-state index in [2.05, 4.69) is 16.7 Å². The number of amides is 1. The number of nitrogens with one attached hydrogen (secondary N) is 2. The Bertz CT molecular complexity index is 1070. The number of carbonyl (C=O) groups excluding carboxylic acids is 1. The number of hydrogen-bond acceptors (Lipinski definition) is 2. The van der Waals surface area contributed by atoms with Gasteiger partial charge in [0.05, 0.1) is 5.56 Å². The van der Waals surface area contributed by atoms with Gasteiger partial charge in [-0.05, 0) is 49.2 Å². The summed E-state index contributed by atoms with van der Waals surface area (Å²) in [5.41, 5.74) is 2.82. The highest BCUT2D eigenvalue weighted by molar-refractivity contribution is 5.94. The number of carbonyl (C=O) groups is 1. The van der Waals surface area contributed by atoms with Gasteiger partial charge in [0.25, 0.3) is 0 Å². The van der Waals surface area contributed by atoms with E-state index >= 15 is 0 Å². The van der Waals surface area contributed by atoms with Crippen LogP contribution < -0.4 is 10.6 Å². The molecule has 2 heterocycles. The molecule has 29 heavy (non-hydrogen) atoms. The Morgan fingerprint density at radius 2 is 1.86 bits per heavy atom. The monoisotopic (exact) mass is 401 g/mol. The van der Waals surface area contributed by atoms with E-state index in [0.29, 0.717) is 0 Å². The van der Waals surface area contributed by atoms with Crippen molar-refractivity contribution < 1.29 is 18.0 Å². The summed E-state index contributed by atoms with van der Waals surface area (Å²) in [7, 11) is 0. The van der Waals surface area contributed by atoms with Gasteiger partial charge in [-0.15, -0.1) is 0 Å². The molecule has 4 nitrogen and oxygen atoms in total. The molecule has 1 aliphatic heterocycles. The van der Waals surface area contributed by atoms with E-state index in [9.17, 15) is 18.0 Å². The molecule has 0 aliphatic carbocycles. The number of para-hydroxylation sites is 1. The molecule has 2 N–H and O–H groups in total. The molecule has 0 spiro atoms. The molecule has 0 fully saturated rings. The summed E-state index contributed by atoms with van der Waals surface area (Å²) in [4.78, 5) is 12.8. The molecule has 4 rings (SSSR count). The third-order valence-electron chi connectivity index (χ3n) is 5.50. The second-order valence-electron chi connectivity index (χ2n) is 7.30. The number of anilines is 1. The third kappa shape index (κ3) is 3.74. The normalized spacial score (nSPS) is 14.5. The molecule has 0 bridgehead atoms. The Morgan fingerprint density at radius 1 is 1.10 bits per heavy atom. The molecular formula is C22H22F3N3O. The number of fused-ring (bicyclic) bond motifs is 3. The van der Waals surface area contributed by atoms with Crippen LogP contribution in [0, 0.1) is 6.92 Å². The van der Waals surface area contributed by atoms with Crippen molar-refractivity contribution in [3.05, 3.63) is 64.8 Å². The number of aromatic nitrogens is 1. The molecule has 152 valence electrons. The lowest BCUT2D eigenvalue weighted by Crippen LogP contribution is -2.22. The Hall–Kier alpha value is -2.80. The van der Waals surface area contributed by atoms with Crippen LogP contribution in [0.25, 0.3) is 10.9 Å². The maximum Gasteiger partial charge on any atom is 0.416 e. The Labute approximate surface area is 166 Å². The fourth-order valence-electron chi connectivity index (χ4n) is 4.13. The number of benzene rings is 2. The first-order valence-electron chi connectivity index (χ1n) is 9.62. The van der Waals surface area contributed by atoms with Crippen LogP contribution in [-0.4, -0.2) is 23.6 Å². The zero-order chi connectivity index (χ0) is 20.6. The van der Waals surface area contributed by atoms with Crippen molar-refractivity contribution in [3.8, 4) is 0 Å². The van der Waals surface area contributed by atoms with Gasteiger partial charge >= 0.3 is 6.18 Å². The Kier molecular flexibility index (Phi) is 5.08. The van der Waals surface area contributed by atoms with Gasteiger partial charge in [0.1, 0.15) is 6.54 Å². The van der Waals surface area contributed by atoms with Crippen molar-refractivity contribution >= 4 is 22.5 Å². The van der Waals surface area contributed by atoms with E-state index in [1.165, 1.54) is 24.6 Å². The first kappa shape index (κ1) is 19.5. The quantitative estimate of drug-likeness (QED) is 0.688. The predicted molar refractivity (Wildman–Crippen MR) is 107 cm³/mol. The number of rotatable bonds is 3. The maximum absolute atomic E-state index is 13.2. The van der Waals surface area contributed by atoms with Gasteiger partial charge in [-0.1, -0.05) is 24.3 Å². The van der Waals surface area contributed by atoms with Crippen molar-refractivity contribution in [1.82, 2.24) is 9.88 Å². The summed E-state index contributed by atoms with van der Waals surface area (Å²) in [6.07, 6.45) is -2.76. The zero-order valence-electron chi connectivity index (χ0n) is 16.1. The third-order valence-corrected chi connectivity index (χ3v) is 5.50. The SMILES string of the molecule is Cc1c(NC(=O)Cn2c3c(c4ccccc42)CCNCC3)cccc1C(F)(F)F. The minimum Gasteiger partial charge on any atom is -0.335 e. The average molecular weight is 401 g/mol. The molecule has 7 heteroatoms. The largest absolute Gasteiger partial charge is 0.416 e. The highest BCUT2D eigenvalue weighted by Crippen LogP contribution is 2.34. The lowest BCUT2D eigenvalue weighted by molar-refractivity contribution is -0.138. The highest BCUT2D eigenvalue weighted by atomic mass is 19.4. The lowest BCUT2D eigenvalue weighted by atomic mass is 10.1. The number of alkyl halides is 3. The molecule has 0 saturated carbocycles. The van der Waals surface area contributed by atoms with Gasteiger partial charge in [-0.25, -0.2) is 0 Å². The molecule has 1 amide bonds. The van der Waals surface area contributed by atoms with E-state index in [1.54, 1.807) is 0 Å². The van der Waals surface area contributed by atoms with E-state index in [-0.39, 0.29) is 23.7 Å². The molecule has 2 aromatic carbocycles. The zero-order valence-corrected chi connectivity index (χ0v) is 16.1. The van der Waals surface area contributed by atoms with Crippen molar-refractivity contribution in [2.45, 2.75) is 32.5 Å². The molecule has 1 aliphatic rings. The number of nitrogens with zero attached hydrogens (tertiary/aromatic N) is 1. The van der Waals surface area contributed by atoms with Crippen LogP contribution in [0.5, 0.6) is 0 Å². The standard InChI is InChI=1S/C22H22F3N3O/c1-14-17(22(23,24)25)6-4-7-18(14)27-21(29)13-28-19-8-3-2-5-15(19)16-9-11-26-12-10-20(16)28/h2-8,26H,9-13H2,1H3,(H,27,29). The fourth-order valence-corrected chi connectivity index (χ4v) is 4.13. The molecule has 0 radical (unpaired) electrons. The molecule has 0 atom stereocenters. The van der Waals surface area contributed by atoms with Gasteiger partial charge in [0.2, 0.25) is 5.91 Å². The Balaban J connectivity index is 1.65. The van der Waals surface area contributed by atoms with Crippen LogP contribution in [0.4, 0.5) is 18.9 Å². The van der Waals surface area contributed by atoms with Crippen LogP contribution in [0.2, 0.25) is 0 Å². The van der Waals surface area contributed by atoms with Gasteiger partial charge < -0.3 is 15.2 Å². The summed E-state index contributed by atoms with van der Waals surface area (Å²) < 4.78 is 41.4. The van der Waals surface area contributed by atoms with Gasteiger partial charge in [0.15, 0.2) is 0 Å². The average Bonchev–Trinajstić information content (AvgIpc) is 2.82. The van der Waals surface area contributed by atoms with Crippen molar-refractivity contribution in [3.63, 3.8) is 0 Å². The van der Waals surface area contributed by atoms with Gasteiger partial charge in [-0.2, -0.15) is 13.2 Å². The number of hydrogen-bond donors (Lipinski definition) is 2. The second-order valence-corrected chi connectivity index (χ2v) is 7.30. The predicted octanol–water partition coefficient (Wildman–Crippen LogP) is 4.30. The second kappa shape index (κ2) is 7.55. The first-order chi connectivity index (χ1) is 13.9. The van der Waals surface area contributed by atoms with E-state index in [1.807, 2.05) is 22.8 Å². The van der Waals surface area contributed by atoms with Gasteiger partial charge in [-0.3, -0.25) is 4.79 Å². The molecule has 1 aromatic heterocycles. The minimum absolute atomic E-state index is 0.0220. The van der Waals surface area contributed by atoms with Crippen LogP contribution in [0.15, 0.2) is 42.5 Å². The lowest BCUT2D eigenvalue weighted by Gasteiger charge is -2.16. The van der Waals surface area contributed by atoms with Crippen LogP contribution >= 0.6 is 0 Å². The van der Waals surface area contributed by atoms with Crippen LogP contribution in [-0.2, 0) is 30.4 Å². The van der Waals surface area contributed by atoms with Crippen molar-refractivity contribution in [2.75, 3.05) is 18.4 Å². The summed E-state index contributed by atoms with van der Waals surface area (Å²) in [5.74, 6) is -0.340.